The van der Waals surface area contributed by atoms with Crippen molar-refractivity contribution in [2.24, 2.45) is 15.9 Å². The van der Waals surface area contributed by atoms with Crippen molar-refractivity contribution < 1.29 is 14.9 Å². The van der Waals surface area contributed by atoms with E-state index in [4.69, 9.17) is 14.7 Å². The zero-order valence-electron chi connectivity index (χ0n) is 17.8. The molecule has 2 N–H and O–H groups in total. The first kappa shape index (κ1) is 20.3. The van der Waals surface area contributed by atoms with Gasteiger partial charge in [-0.25, -0.2) is 4.99 Å². The fourth-order valence-corrected chi connectivity index (χ4v) is 4.81. The van der Waals surface area contributed by atoms with E-state index < -0.39 is 5.72 Å². The van der Waals surface area contributed by atoms with Crippen LogP contribution in [-0.2, 0) is 0 Å². The van der Waals surface area contributed by atoms with Crippen LogP contribution in [0.25, 0.3) is 0 Å². The highest BCUT2D eigenvalue weighted by Gasteiger charge is 2.51. The number of fused-ring (bicyclic) bond motifs is 2. The monoisotopic (exact) mass is 426 g/mol. The van der Waals surface area contributed by atoms with Gasteiger partial charge in [-0.05, 0) is 43.2 Å². The van der Waals surface area contributed by atoms with Crippen LogP contribution in [0.3, 0.4) is 0 Å². The van der Waals surface area contributed by atoms with Crippen molar-refractivity contribution in [2.45, 2.75) is 37.5 Å². The molecule has 162 valence electrons. The zero-order chi connectivity index (χ0) is 22.0. The minimum Gasteiger partial charge on any atom is -0.507 e. The van der Waals surface area contributed by atoms with Gasteiger partial charge in [0.1, 0.15) is 17.2 Å². The smallest absolute Gasteiger partial charge is 0.205 e. The van der Waals surface area contributed by atoms with Crippen molar-refractivity contribution in [3.05, 3.63) is 89.5 Å². The van der Waals surface area contributed by atoms with Crippen LogP contribution in [0, 0.1) is 5.92 Å². The molecule has 1 fully saturated rings. The average molecular weight is 427 g/mol. The third kappa shape index (κ3) is 3.75. The average Bonchev–Trinajstić information content (AvgIpc) is 2.82. The van der Waals surface area contributed by atoms with E-state index in [-0.39, 0.29) is 23.5 Å². The normalized spacial score (nSPS) is 24.8. The first-order valence-electron chi connectivity index (χ1n) is 11.1. The van der Waals surface area contributed by atoms with Crippen molar-refractivity contribution in [3.8, 4) is 17.2 Å². The van der Waals surface area contributed by atoms with Crippen molar-refractivity contribution >= 4 is 12.4 Å². The van der Waals surface area contributed by atoms with Crippen molar-refractivity contribution in [3.63, 3.8) is 0 Å². The van der Waals surface area contributed by atoms with Crippen molar-refractivity contribution in [2.75, 3.05) is 0 Å². The lowest BCUT2D eigenvalue weighted by atomic mass is 9.73. The van der Waals surface area contributed by atoms with E-state index >= 15 is 0 Å². The Bertz CT molecular complexity index is 1170. The number of phenols is 2. The molecule has 0 spiro atoms. The van der Waals surface area contributed by atoms with Gasteiger partial charge in [0.15, 0.2) is 0 Å². The lowest BCUT2D eigenvalue weighted by Crippen LogP contribution is -2.49. The molecule has 1 aliphatic heterocycles. The number of para-hydroxylation sites is 3. The lowest BCUT2D eigenvalue weighted by molar-refractivity contribution is -0.0426. The summed E-state index contributed by atoms with van der Waals surface area (Å²) in [6.07, 6.45) is 7.33. The van der Waals surface area contributed by atoms with Gasteiger partial charge in [0.05, 0.1) is 6.04 Å². The highest BCUT2D eigenvalue weighted by atomic mass is 16.5. The first-order chi connectivity index (χ1) is 15.7. The molecule has 3 atom stereocenters. The molecule has 0 radical (unpaired) electrons. The van der Waals surface area contributed by atoms with E-state index in [1.807, 2.05) is 42.5 Å². The number of hydrogen-bond donors (Lipinski definition) is 2. The molecule has 0 saturated heterocycles. The summed E-state index contributed by atoms with van der Waals surface area (Å²) in [5, 5.41) is 20.4. The third-order valence-electron chi connectivity index (χ3n) is 6.45. The number of ether oxygens (including phenoxy) is 1. The number of hydrogen-bond acceptors (Lipinski definition) is 5. The summed E-state index contributed by atoms with van der Waals surface area (Å²) >= 11 is 0. The van der Waals surface area contributed by atoms with Gasteiger partial charge >= 0.3 is 0 Å². The van der Waals surface area contributed by atoms with Crippen molar-refractivity contribution in [1.82, 2.24) is 0 Å². The molecule has 32 heavy (non-hydrogen) atoms. The second-order valence-corrected chi connectivity index (χ2v) is 8.44. The largest absolute Gasteiger partial charge is 0.507 e. The third-order valence-corrected chi connectivity index (χ3v) is 6.45. The Morgan fingerprint density at radius 3 is 2.22 bits per heavy atom. The van der Waals surface area contributed by atoms with Gasteiger partial charge in [-0.15, -0.1) is 0 Å². The summed E-state index contributed by atoms with van der Waals surface area (Å²) in [6.45, 7) is 0. The second-order valence-electron chi connectivity index (χ2n) is 8.44. The Labute approximate surface area is 187 Å². The van der Waals surface area contributed by atoms with Gasteiger partial charge in [0.2, 0.25) is 5.72 Å². The Morgan fingerprint density at radius 1 is 0.812 bits per heavy atom. The van der Waals surface area contributed by atoms with Crippen LogP contribution in [0.2, 0.25) is 0 Å². The number of rotatable bonds is 4. The molecule has 5 heteroatoms. The predicted octanol–water partition coefficient (Wildman–Crippen LogP) is 5.66. The molecular formula is C27H26N2O3. The van der Waals surface area contributed by atoms with Crippen LogP contribution < -0.4 is 4.74 Å². The molecule has 5 rings (SSSR count). The van der Waals surface area contributed by atoms with Gasteiger partial charge in [-0.3, -0.25) is 4.99 Å². The highest BCUT2D eigenvalue weighted by Crippen LogP contribution is 2.52. The molecule has 0 aromatic heterocycles. The molecule has 0 bridgehead atoms. The van der Waals surface area contributed by atoms with Gasteiger partial charge in [0.25, 0.3) is 0 Å². The summed E-state index contributed by atoms with van der Waals surface area (Å²) in [5.41, 5.74) is 1.66. The zero-order valence-corrected chi connectivity index (χ0v) is 17.8. The molecule has 2 aliphatic rings. The summed E-state index contributed by atoms with van der Waals surface area (Å²) in [5.74, 6) is 1.25. The minimum absolute atomic E-state index is 0.0513. The van der Waals surface area contributed by atoms with E-state index in [1.165, 1.54) is 0 Å². The lowest BCUT2D eigenvalue weighted by Gasteiger charge is -2.47. The van der Waals surface area contributed by atoms with Crippen LogP contribution in [0.1, 0.15) is 48.4 Å². The highest BCUT2D eigenvalue weighted by molar-refractivity contribution is 5.84. The van der Waals surface area contributed by atoms with Gasteiger partial charge < -0.3 is 14.9 Å². The predicted molar refractivity (Wildman–Crippen MR) is 126 cm³/mol. The van der Waals surface area contributed by atoms with E-state index in [0.717, 1.165) is 37.0 Å². The SMILES string of the molecule is Oc1ccccc1C=NC1c2ccccc2OC2(/N=C/c3ccccc3O)CCCCC12. The van der Waals surface area contributed by atoms with Gasteiger partial charge in [-0.1, -0.05) is 48.9 Å². The number of benzene rings is 3. The summed E-state index contributed by atoms with van der Waals surface area (Å²) in [4.78, 5) is 9.93. The maximum atomic E-state index is 10.2. The molecule has 1 saturated carbocycles. The Kier molecular flexibility index (Phi) is 5.39. The van der Waals surface area contributed by atoms with E-state index in [2.05, 4.69) is 6.07 Å². The molecule has 1 heterocycles. The summed E-state index contributed by atoms with van der Waals surface area (Å²) in [7, 11) is 0. The molecule has 0 amide bonds. The van der Waals surface area contributed by atoms with Gasteiger partial charge in [-0.2, -0.15) is 0 Å². The first-order valence-corrected chi connectivity index (χ1v) is 11.1. The van der Waals surface area contributed by atoms with Crippen LogP contribution in [0.4, 0.5) is 0 Å². The Morgan fingerprint density at radius 2 is 1.47 bits per heavy atom. The van der Waals surface area contributed by atoms with Crippen LogP contribution in [0.15, 0.2) is 82.8 Å². The summed E-state index contributed by atoms with van der Waals surface area (Å²) < 4.78 is 6.59. The Balaban J connectivity index is 1.57. The molecule has 3 aromatic rings. The van der Waals surface area contributed by atoms with Crippen LogP contribution in [-0.4, -0.2) is 28.4 Å². The van der Waals surface area contributed by atoms with Gasteiger partial charge in [0, 0.05) is 41.5 Å². The second kappa shape index (κ2) is 8.50. The maximum absolute atomic E-state index is 10.2. The standard InChI is InChI=1S/C27H26N2O3/c30-23-13-4-1-9-19(23)17-28-26-21-11-3-6-15-25(21)32-27(16-8-7-12-22(26)27)29-18-20-10-2-5-14-24(20)31/h1-6,9-11,13-15,17-18,22,26,30-31H,7-8,12,16H2/b28-17?,29-18+. The number of nitrogens with zero attached hydrogens (tertiary/aromatic N) is 2. The molecule has 3 aromatic carbocycles. The molecule has 5 nitrogen and oxygen atoms in total. The fourth-order valence-electron chi connectivity index (χ4n) is 4.81. The topological polar surface area (TPSA) is 74.4 Å². The van der Waals surface area contributed by atoms with Crippen LogP contribution in [0.5, 0.6) is 17.2 Å². The fraction of sp³-hybridized carbons (Fsp3) is 0.259. The van der Waals surface area contributed by atoms with E-state index in [1.54, 1.807) is 36.7 Å². The maximum Gasteiger partial charge on any atom is 0.205 e. The summed E-state index contributed by atoms with van der Waals surface area (Å²) in [6, 6.07) is 22.3. The Hall–Kier alpha value is -3.60. The van der Waals surface area contributed by atoms with E-state index in [0.29, 0.717) is 11.1 Å². The quantitative estimate of drug-likeness (QED) is 0.529. The minimum atomic E-state index is -0.740. The molecule has 3 unspecified atom stereocenters. The number of phenolic OH excluding ortho intramolecular Hbond substituents is 2. The molecular weight excluding hydrogens is 400 g/mol. The van der Waals surface area contributed by atoms with Crippen molar-refractivity contribution in [1.29, 1.82) is 0 Å². The molecule has 1 aliphatic carbocycles. The number of aliphatic imine (C=N–C) groups is 2. The number of aromatic hydroxyl groups is 2. The van der Waals surface area contributed by atoms with Crippen LogP contribution >= 0.6 is 0 Å². The van der Waals surface area contributed by atoms with E-state index in [9.17, 15) is 10.2 Å².